The lowest BCUT2D eigenvalue weighted by Gasteiger charge is -2.24. The minimum atomic E-state index is -1.31. The van der Waals surface area contributed by atoms with E-state index in [1.165, 1.54) is 0 Å². The Balaban J connectivity index is 1.97. The van der Waals surface area contributed by atoms with Crippen molar-refractivity contribution in [2.75, 3.05) is 13.1 Å². The second-order valence-electron chi connectivity index (χ2n) is 5.83. The second-order valence-corrected chi connectivity index (χ2v) is 7.90. The molecule has 6 nitrogen and oxygen atoms in total. The van der Waals surface area contributed by atoms with Gasteiger partial charge in [0.1, 0.15) is 10.6 Å². The molecule has 0 radical (unpaired) electrons. The molecule has 2 rings (SSSR count). The molecule has 0 spiro atoms. The SMILES string of the molecule is CC(C)(C)OC(=O)N1CC[C@H](S(=O)c2ccc(Cl)nn2)C1. The van der Waals surface area contributed by atoms with E-state index in [0.29, 0.717) is 24.5 Å². The van der Waals surface area contributed by atoms with Crippen LogP contribution in [0.1, 0.15) is 27.2 Å². The smallest absolute Gasteiger partial charge is 0.410 e. The van der Waals surface area contributed by atoms with Crippen LogP contribution in [0.4, 0.5) is 4.79 Å². The van der Waals surface area contributed by atoms with Crippen LogP contribution < -0.4 is 0 Å². The van der Waals surface area contributed by atoms with Gasteiger partial charge in [-0.05, 0) is 39.3 Å². The van der Waals surface area contributed by atoms with Crippen LogP contribution in [0.15, 0.2) is 17.2 Å². The number of nitrogens with zero attached hydrogens (tertiary/aromatic N) is 3. The minimum absolute atomic E-state index is 0.159. The molecule has 0 aromatic carbocycles. The van der Waals surface area contributed by atoms with Crippen LogP contribution in [-0.2, 0) is 15.5 Å². The maximum Gasteiger partial charge on any atom is 0.410 e. The number of rotatable bonds is 2. The fraction of sp³-hybridized carbons (Fsp3) is 0.615. The molecular formula is C13H18ClN3O3S. The van der Waals surface area contributed by atoms with Gasteiger partial charge in [-0.25, -0.2) is 4.79 Å². The molecule has 1 aromatic heterocycles. The maximum absolute atomic E-state index is 12.4. The highest BCUT2D eigenvalue weighted by atomic mass is 35.5. The molecule has 0 bridgehead atoms. The highest BCUT2D eigenvalue weighted by molar-refractivity contribution is 7.85. The van der Waals surface area contributed by atoms with Gasteiger partial charge in [0.15, 0.2) is 5.15 Å². The van der Waals surface area contributed by atoms with Gasteiger partial charge in [0, 0.05) is 13.1 Å². The standard InChI is InChI=1S/C13H18ClN3O3S/c1-13(2,3)20-12(18)17-7-6-9(8-17)21(19)11-5-4-10(14)15-16-11/h4-5,9H,6-8H2,1-3H3/t9-,21?/m0/s1. The molecule has 1 aliphatic rings. The van der Waals surface area contributed by atoms with Crippen molar-refractivity contribution < 1.29 is 13.7 Å². The highest BCUT2D eigenvalue weighted by Crippen LogP contribution is 2.21. The largest absolute Gasteiger partial charge is 0.444 e. The van der Waals surface area contributed by atoms with Gasteiger partial charge in [-0.1, -0.05) is 11.6 Å². The molecule has 0 N–H and O–H groups in total. The molecule has 0 saturated carbocycles. The summed E-state index contributed by atoms with van der Waals surface area (Å²) in [7, 11) is -1.31. The Hall–Kier alpha value is -1.21. The molecule has 0 aliphatic carbocycles. The molecule has 116 valence electrons. The van der Waals surface area contributed by atoms with Crippen molar-refractivity contribution >= 4 is 28.5 Å². The first-order valence-electron chi connectivity index (χ1n) is 6.64. The number of aromatic nitrogens is 2. The van der Waals surface area contributed by atoms with E-state index < -0.39 is 16.4 Å². The van der Waals surface area contributed by atoms with Crippen LogP contribution in [0.5, 0.6) is 0 Å². The van der Waals surface area contributed by atoms with Crippen LogP contribution in [0, 0.1) is 0 Å². The van der Waals surface area contributed by atoms with E-state index in [4.69, 9.17) is 16.3 Å². The van der Waals surface area contributed by atoms with Gasteiger partial charge in [-0.2, -0.15) is 0 Å². The Labute approximate surface area is 131 Å². The monoisotopic (exact) mass is 331 g/mol. The van der Waals surface area contributed by atoms with Crippen molar-refractivity contribution in [3.8, 4) is 0 Å². The van der Waals surface area contributed by atoms with Crippen LogP contribution >= 0.6 is 11.6 Å². The fourth-order valence-corrected chi connectivity index (χ4v) is 3.38. The number of carbonyl (C=O) groups is 1. The molecular weight excluding hydrogens is 314 g/mol. The van der Waals surface area contributed by atoms with Crippen molar-refractivity contribution in [3.63, 3.8) is 0 Å². The Kier molecular flexibility index (Phi) is 4.83. The molecule has 1 amide bonds. The first-order chi connectivity index (χ1) is 9.76. The number of hydrogen-bond acceptors (Lipinski definition) is 5. The van der Waals surface area contributed by atoms with Gasteiger partial charge in [0.2, 0.25) is 0 Å². The Morgan fingerprint density at radius 2 is 2.14 bits per heavy atom. The van der Waals surface area contributed by atoms with E-state index in [0.717, 1.165) is 0 Å². The normalized spacial score (nSPS) is 20.4. The molecule has 1 unspecified atom stereocenters. The predicted molar refractivity (Wildman–Crippen MR) is 79.7 cm³/mol. The summed E-state index contributed by atoms with van der Waals surface area (Å²) in [4.78, 5) is 13.6. The predicted octanol–water partition coefficient (Wildman–Crippen LogP) is 2.25. The van der Waals surface area contributed by atoms with E-state index in [2.05, 4.69) is 10.2 Å². The van der Waals surface area contributed by atoms with E-state index in [-0.39, 0.29) is 16.5 Å². The topological polar surface area (TPSA) is 72.4 Å². The number of hydrogen-bond donors (Lipinski definition) is 0. The Morgan fingerprint density at radius 3 is 2.71 bits per heavy atom. The summed E-state index contributed by atoms with van der Waals surface area (Å²) >= 11 is 5.66. The van der Waals surface area contributed by atoms with Gasteiger partial charge in [0.05, 0.1) is 16.0 Å². The lowest BCUT2D eigenvalue weighted by atomic mass is 10.2. The number of carbonyl (C=O) groups excluding carboxylic acids is 1. The van der Waals surface area contributed by atoms with Gasteiger partial charge in [0.25, 0.3) is 0 Å². The zero-order valence-electron chi connectivity index (χ0n) is 12.2. The van der Waals surface area contributed by atoms with Crippen molar-refractivity contribution in [1.29, 1.82) is 0 Å². The number of halogens is 1. The van der Waals surface area contributed by atoms with Gasteiger partial charge in [-0.3, -0.25) is 4.21 Å². The molecule has 1 saturated heterocycles. The highest BCUT2D eigenvalue weighted by Gasteiger charge is 2.33. The van der Waals surface area contributed by atoms with Crippen molar-refractivity contribution in [2.45, 2.75) is 43.1 Å². The Bertz CT molecular complexity index is 545. The van der Waals surface area contributed by atoms with E-state index in [9.17, 15) is 9.00 Å². The zero-order valence-corrected chi connectivity index (χ0v) is 13.8. The summed E-state index contributed by atoms with van der Waals surface area (Å²) in [5.74, 6) is 0. The van der Waals surface area contributed by atoms with E-state index >= 15 is 0 Å². The summed E-state index contributed by atoms with van der Waals surface area (Å²) in [6, 6.07) is 3.16. The van der Waals surface area contributed by atoms with Crippen molar-refractivity contribution in [2.24, 2.45) is 0 Å². The third kappa shape index (κ3) is 4.38. The third-order valence-electron chi connectivity index (χ3n) is 2.91. The van der Waals surface area contributed by atoms with Crippen molar-refractivity contribution in [3.05, 3.63) is 17.3 Å². The van der Waals surface area contributed by atoms with Crippen molar-refractivity contribution in [1.82, 2.24) is 15.1 Å². The van der Waals surface area contributed by atoms with Gasteiger partial charge < -0.3 is 9.64 Å². The molecule has 1 aromatic rings. The summed E-state index contributed by atoms with van der Waals surface area (Å²) < 4.78 is 17.7. The molecule has 1 aliphatic heterocycles. The summed E-state index contributed by atoms with van der Waals surface area (Å²) in [5, 5.41) is 8.01. The average Bonchev–Trinajstić information content (AvgIpc) is 2.86. The number of likely N-dealkylation sites (tertiary alicyclic amines) is 1. The lowest BCUT2D eigenvalue weighted by Crippen LogP contribution is -2.36. The fourth-order valence-electron chi connectivity index (χ4n) is 1.98. The number of ether oxygens (including phenoxy) is 1. The second kappa shape index (κ2) is 6.27. The van der Waals surface area contributed by atoms with Crippen LogP contribution in [0.2, 0.25) is 5.15 Å². The lowest BCUT2D eigenvalue weighted by molar-refractivity contribution is 0.0295. The molecule has 2 heterocycles. The zero-order chi connectivity index (χ0) is 15.6. The quantitative estimate of drug-likeness (QED) is 0.831. The molecule has 21 heavy (non-hydrogen) atoms. The van der Waals surface area contributed by atoms with Crippen LogP contribution in [-0.4, -0.2) is 49.3 Å². The van der Waals surface area contributed by atoms with E-state index in [1.807, 2.05) is 20.8 Å². The summed E-state index contributed by atoms with van der Waals surface area (Å²) in [6.45, 7) is 6.39. The van der Waals surface area contributed by atoms with Gasteiger partial charge in [-0.15, -0.1) is 10.2 Å². The molecule has 2 atom stereocenters. The van der Waals surface area contributed by atoms with Crippen LogP contribution in [0.3, 0.4) is 0 Å². The molecule has 1 fully saturated rings. The maximum atomic E-state index is 12.4. The summed E-state index contributed by atoms with van der Waals surface area (Å²) in [6.07, 6.45) is 0.278. The Morgan fingerprint density at radius 1 is 1.43 bits per heavy atom. The third-order valence-corrected chi connectivity index (χ3v) is 4.73. The number of amides is 1. The van der Waals surface area contributed by atoms with E-state index in [1.54, 1.807) is 17.0 Å². The average molecular weight is 332 g/mol. The van der Waals surface area contributed by atoms with Gasteiger partial charge >= 0.3 is 6.09 Å². The first-order valence-corrected chi connectivity index (χ1v) is 8.23. The summed E-state index contributed by atoms with van der Waals surface area (Å²) in [5.41, 5.74) is -0.532. The van der Waals surface area contributed by atoms with Crippen LogP contribution in [0.25, 0.3) is 0 Å². The minimum Gasteiger partial charge on any atom is -0.444 e. The molecule has 8 heteroatoms. The first kappa shape index (κ1) is 16.2.